The van der Waals surface area contributed by atoms with Gasteiger partial charge in [0.2, 0.25) is 5.88 Å². The first-order valence-electron chi connectivity index (χ1n) is 6.43. The minimum Gasteiger partial charge on any atom is -0.477 e. The van der Waals surface area contributed by atoms with Crippen LogP contribution < -0.4 is 4.74 Å². The summed E-state index contributed by atoms with van der Waals surface area (Å²) >= 11 is 0. The van der Waals surface area contributed by atoms with Crippen LogP contribution in [-0.4, -0.2) is 26.6 Å². The fourth-order valence-corrected chi connectivity index (χ4v) is 1.86. The Bertz CT molecular complexity index is 766. The summed E-state index contributed by atoms with van der Waals surface area (Å²) in [5.74, 6) is -0.973. The van der Waals surface area contributed by atoms with Crippen LogP contribution in [-0.2, 0) is 4.79 Å². The Morgan fingerprint density at radius 2 is 2.29 bits per heavy atom. The van der Waals surface area contributed by atoms with Crippen LogP contribution in [0.5, 0.6) is 5.88 Å². The third-order valence-electron chi connectivity index (χ3n) is 2.76. The van der Waals surface area contributed by atoms with Gasteiger partial charge in [-0.25, -0.2) is 4.79 Å². The average molecular weight is 285 g/mol. The first-order valence-corrected chi connectivity index (χ1v) is 6.43. The van der Waals surface area contributed by atoms with E-state index in [-0.39, 0.29) is 11.7 Å². The van der Waals surface area contributed by atoms with Crippen LogP contribution in [0.25, 0.3) is 11.7 Å². The number of hydrogen-bond acceptors (Lipinski definition) is 4. The number of rotatable bonds is 4. The van der Waals surface area contributed by atoms with Gasteiger partial charge in [-0.1, -0.05) is 0 Å². The Kier molecular flexibility index (Phi) is 3.94. The predicted octanol–water partition coefficient (Wildman–Crippen LogP) is 2.42. The number of aliphatic carboxylic acids is 1. The SMILES string of the molecule is Cc1ccn2c(C=C(C#N)C(=O)O)c(OC(C)C)nc2c1. The molecule has 0 atom stereocenters. The van der Waals surface area contributed by atoms with E-state index in [1.54, 1.807) is 16.7 Å². The second-order valence-electron chi connectivity index (χ2n) is 4.88. The van der Waals surface area contributed by atoms with E-state index in [0.717, 1.165) is 5.56 Å². The third kappa shape index (κ3) is 3.03. The molecule has 2 aromatic rings. The molecule has 1 N–H and O–H groups in total. The summed E-state index contributed by atoms with van der Waals surface area (Å²) in [4.78, 5) is 15.4. The fourth-order valence-electron chi connectivity index (χ4n) is 1.86. The van der Waals surface area contributed by atoms with Crippen LogP contribution in [0.2, 0.25) is 0 Å². The number of carboxylic acids is 1. The zero-order valence-electron chi connectivity index (χ0n) is 12.0. The minimum atomic E-state index is -1.28. The molecular weight excluding hydrogens is 270 g/mol. The zero-order valence-corrected chi connectivity index (χ0v) is 12.0. The largest absolute Gasteiger partial charge is 0.477 e. The summed E-state index contributed by atoms with van der Waals surface area (Å²) in [7, 11) is 0. The lowest BCUT2D eigenvalue weighted by Crippen LogP contribution is -2.07. The number of hydrogen-bond donors (Lipinski definition) is 1. The summed E-state index contributed by atoms with van der Waals surface area (Å²) in [5.41, 5.74) is 1.74. The maximum atomic E-state index is 11.0. The van der Waals surface area contributed by atoms with E-state index in [1.165, 1.54) is 6.08 Å². The molecule has 108 valence electrons. The molecule has 0 saturated heterocycles. The monoisotopic (exact) mass is 285 g/mol. The van der Waals surface area contributed by atoms with Crippen molar-refractivity contribution in [3.8, 4) is 11.9 Å². The van der Waals surface area contributed by atoms with E-state index in [1.807, 2.05) is 32.9 Å². The number of carboxylic acid groups (broad SMARTS) is 1. The van der Waals surface area contributed by atoms with Crippen molar-refractivity contribution in [1.82, 2.24) is 9.38 Å². The Hall–Kier alpha value is -2.81. The fraction of sp³-hybridized carbons (Fsp3) is 0.267. The molecule has 0 spiro atoms. The second-order valence-corrected chi connectivity index (χ2v) is 4.88. The average Bonchev–Trinajstić information content (AvgIpc) is 2.71. The molecule has 2 heterocycles. The topological polar surface area (TPSA) is 87.6 Å². The molecule has 0 amide bonds. The highest BCUT2D eigenvalue weighted by Gasteiger charge is 2.16. The summed E-state index contributed by atoms with van der Waals surface area (Å²) < 4.78 is 7.32. The molecule has 2 rings (SSSR count). The lowest BCUT2D eigenvalue weighted by molar-refractivity contribution is -0.132. The second kappa shape index (κ2) is 5.67. The molecule has 6 heteroatoms. The van der Waals surface area contributed by atoms with E-state index < -0.39 is 5.97 Å². The molecule has 0 fully saturated rings. The van der Waals surface area contributed by atoms with Crippen molar-refractivity contribution >= 4 is 17.7 Å². The van der Waals surface area contributed by atoms with Crippen molar-refractivity contribution in [3.05, 3.63) is 35.2 Å². The van der Waals surface area contributed by atoms with Gasteiger partial charge in [0.05, 0.1) is 6.10 Å². The quantitative estimate of drug-likeness (QED) is 0.688. The number of fused-ring (bicyclic) bond motifs is 1. The van der Waals surface area contributed by atoms with Crippen molar-refractivity contribution < 1.29 is 14.6 Å². The van der Waals surface area contributed by atoms with Gasteiger partial charge >= 0.3 is 5.97 Å². The molecule has 6 nitrogen and oxygen atoms in total. The van der Waals surface area contributed by atoms with Gasteiger partial charge in [0.25, 0.3) is 0 Å². The zero-order chi connectivity index (χ0) is 15.6. The normalized spacial score (nSPS) is 11.7. The number of aromatic nitrogens is 2. The van der Waals surface area contributed by atoms with Crippen molar-refractivity contribution in [2.45, 2.75) is 26.9 Å². The van der Waals surface area contributed by atoms with Crippen LogP contribution in [0, 0.1) is 18.3 Å². The molecule has 0 radical (unpaired) electrons. The van der Waals surface area contributed by atoms with E-state index >= 15 is 0 Å². The van der Waals surface area contributed by atoms with Crippen LogP contribution in [0.1, 0.15) is 25.1 Å². The Morgan fingerprint density at radius 1 is 1.57 bits per heavy atom. The van der Waals surface area contributed by atoms with Crippen LogP contribution in [0.15, 0.2) is 23.9 Å². The molecule has 0 unspecified atom stereocenters. The highest BCUT2D eigenvalue weighted by Crippen LogP contribution is 2.24. The van der Waals surface area contributed by atoms with E-state index in [0.29, 0.717) is 17.2 Å². The lowest BCUT2D eigenvalue weighted by Gasteiger charge is -2.07. The highest BCUT2D eigenvalue weighted by molar-refractivity contribution is 5.96. The number of imidazole rings is 1. The number of nitrogens with zero attached hydrogens (tertiary/aromatic N) is 3. The van der Waals surface area contributed by atoms with Gasteiger partial charge in [0, 0.05) is 6.20 Å². The summed E-state index contributed by atoms with van der Waals surface area (Å²) in [5, 5.41) is 17.9. The van der Waals surface area contributed by atoms with Gasteiger partial charge in [0.15, 0.2) is 0 Å². The number of ether oxygens (including phenoxy) is 1. The van der Waals surface area contributed by atoms with Crippen molar-refractivity contribution in [2.24, 2.45) is 0 Å². The Labute approximate surface area is 121 Å². The predicted molar refractivity (Wildman–Crippen MR) is 76.9 cm³/mol. The van der Waals surface area contributed by atoms with Crippen LogP contribution in [0.4, 0.5) is 0 Å². The first kappa shape index (κ1) is 14.6. The van der Waals surface area contributed by atoms with Gasteiger partial charge in [-0.3, -0.25) is 4.40 Å². The molecule has 0 aliphatic rings. The molecule has 0 saturated carbocycles. The molecule has 0 aliphatic carbocycles. The maximum Gasteiger partial charge on any atom is 0.346 e. The molecule has 0 aliphatic heterocycles. The van der Waals surface area contributed by atoms with Gasteiger partial charge in [0.1, 0.15) is 23.0 Å². The van der Waals surface area contributed by atoms with Crippen LogP contribution in [0.3, 0.4) is 0 Å². The van der Waals surface area contributed by atoms with Gasteiger partial charge in [-0.15, -0.1) is 0 Å². The van der Waals surface area contributed by atoms with Crippen molar-refractivity contribution in [2.75, 3.05) is 0 Å². The van der Waals surface area contributed by atoms with Gasteiger partial charge in [-0.2, -0.15) is 10.2 Å². The number of nitriles is 1. The molecule has 21 heavy (non-hydrogen) atoms. The van der Waals surface area contributed by atoms with Crippen molar-refractivity contribution in [1.29, 1.82) is 5.26 Å². The van der Waals surface area contributed by atoms with E-state index in [4.69, 9.17) is 15.1 Å². The highest BCUT2D eigenvalue weighted by atomic mass is 16.5. The minimum absolute atomic E-state index is 0.112. The smallest absolute Gasteiger partial charge is 0.346 e. The van der Waals surface area contributed by atoms with Crippen molar-refractivity contribution in [3.63, 3.8) is 0 Å². The number of carbonyl (C=O) groups is 1. The standard InChI is InChI=1S/C15H15N3O3/c1-9(2)21-14-12(7-11(8-16)15(19)20)18-5-4-10(3)6-13(18)17-14/h4-7,9H,1-3H3,(H,19,20). The molecule has 0 bridgehead atoms. The summed E-state index contributed by atoms with van der Waals surface area (Å²) in [6.07, 6.45) is 2.93. The van der Waals surface area contributed by atoms with Gasteiger partial charge in [-0.05, 0) is 44.5 Å². The third-order valence-corrected chi connectivity index (χ3v) is 2.76. The first-order chi connectivity index (χ1) is 9.92. The number of aryl methyl sites for hydroxylation is 1. The molecular formula is C15H15N3O3. The summed E-state index contributed by atoms with van der Waals surface area (Å²) in [6, 6.07) is 5.39. The summed E-state index contributed by atoms with van der Waals surface area (Å²) in [6.45, 7) is 5.64. The molecule has 2 aromatic heterocycles. The molecule has 0 aromatic carbocycles. The Balaban J connectivity index is 2.69. The van der Waals surface area contributed by atoms with Gasteiger partial charge < -0.3 is 9.84 Å². The number of pyridine rings is 1. The maximum absolute atomic E-state index is 11.0. The van der Waals surface area contributed by atoms with E-state index in [2.05, 4.69) is 4.98 Å². The Morgan fingerprint density at radius 3 is 2.86 bits per heavy atom. The lowest BCUT2D eigenvalue weighted by atomic mass is 10.2. The van der Waals surface area contributed by atoms with Crippen LogP contribution >= 0.6 is 0 Å². The van der Waals surface area contributed by atoms with E-state index in [9.17, 15) is 4.79 Å².